The predicted octanol–water partition coefficient (Wildman–Crippen LogP) is 3.88. The van der Waals surface area contributed by atoms with Gasteiger partial charge in [-0.2, -0.15) is 0 Å². The summed E-state index contributed by atoms with van der Waals surface area (Å²) in [6, 6.07) is 10.8. The molecule has 0 unspecified atom stereocenters. The van der Waals surface area contributed by atoms with E-state index in [9.17, 15) is 8.42 Å². The zero-order chi connectivity index (χ0) is 18.0. The molecular formula is C17H18Cl2N2O3S. The van der Waals surface area contributed by atoms with Gasteiger partial charge in [-0.3, -0.25) is 4.72 Å². The van der Waals surface area contributed by atoms with Gasteiger partial charge in [0.05, 0.1) is 15.6 Å². The normalized spacial score (nSPS) is 18.3. The Bertz CT molecular complexity index is 857. The SMILES string of the molecule is CN1CC[C@@H](Oc2cc(NS(=O)(=O)c3ccc(Cl)cc3)ccc2Cl)C1. The van der Waals surface area contributed by atoms with Crippen molar-refractivity contribution in [2.24, 2.45) is 0 Å². The molecule has 1 aliphatic heterocycles. The monoisotopic (exact) mass is 400 g/mol. The first kappa shape index (κ1) is 18.3. The lowest BCUT2D eigenvalue weighted by atomic mass is 10.3. The summed E-state index contributed by atoms with van der Waals surface area (Å²) in [5, 5.41) is 0.923. The van der Waals surface area contributed by atoms with Crippen LogP contribution in [0.15, 0.2) is 47.4 Å². The van der Waals surface area contributed by atoms with Crippen molar-refractivity contribution < 1.29 is 13.2 Å². The molecule has 0 spiro atoms. The third kappa shape index (κ3) is 4.58. The van der Waals surface area contributed by atoms with E-state index in [0.717, 1.165) is 19.5 Å². The Balaban J connectivity index is 1.78. The van der Waals surface area contributed by atoms with Crippen LogP contribution in [0.1, 0.15) is 6.42 Å². The summed E-state index contributed by atoms with van der Waals surface area (Å²) in [5.41, 5.74) is 0.390. The highest BCUT2D eigenvalue weighted by atomic mass is 35.5. The first-order chi connectivity index (χ1) is 11.8. The smallest absolute Gasteiger partial charge is 0.261 e. The number of likely N-dealkylation sites (tertiary alicyclic amines) is 1. The maximum atomic E-state index is 12.5. The fraction of sp³-hybridized carbons (Fsp3) is 0.294. The van der Waals surface area contributed by atoms with Crippen molar-refractivity contribution in [2.45, 2.75) is 17.4 Å². The quantitative estimate of drug-likeness (QED) is 0.826. The minimum atomic E-state index is -3.71. The minimum absolute atomic E-state index is 0.0469. The molecule has 0 aliphatic carbocycles. The van der Waals surface area contributed by atoms with Gasteiger partial charge in [-0.05, 0) is 49.9 Å². The zero-order valence-electron chi connectivity index (χ0n) is 13.6. The summed E-state index contributed by atoms with van der Waals surface area (Å²) in [7, 11) is -1.68. The second kappa shape index (κ2) is 7.41. The van der Waals surface area contributed by atoms with Crippen molar-refractivity contribution in [1.82, 2.24) is 4.90 Å². The average Bonchev–Trinajstić information content (AvgIpc) is 2.96. The molecule has 0 radical (unpaired) electrons. The number of sulfonamides is 1. The third-order valence-electron chi connectivity index (χ3n) is 3.95. The molecule has 2 aromatic rings. The van der Waals surface area contributed by atoms with Gasteiger partial charge in [-0.25, -0.2) is 8.42 Å². The lowest BCUT2D eigenvalue weighted by molar-refractivity contribution is 0.208. The van der Waals surface area contributed by atoms with Crippen LogP contribution in [-0.2, 0) is 10.0 Å². The van der Waals surface area contributed by atoms with Crippen LogP contribution in [0.4, 0.5) is 5.69 Å². The van der Waals surface area contributed by atoms with Gasteiger partial charge >= 0.3 is 0 Å². The van der Waals surface area contributed by atoms with E-state index in [1.165, 1.54) is 24.3 Å². The largest absolute Gasteiger partial charge is 0.487 e. The molecule has 1 N–H and O–H groups in total. The van der Waals surface area contributed by atoms with Gasteiger partial charge in [-0.1, -0.05) is 23.2 Å². The minimum Gasteiger partial charge on any atom is -0.487 e. The topological polar surface area (TPSA) is 58.6 Å². The van der Waals surface area contributed by atoms with Crippen molar-refractivity contribution in [3.8, 4) is 5.75 Å². The fourth-order valence-electron chi connectivity index (χ4n) is 2.66. The lowest BCUT2D eigenvalue weighted by Gasteiger charge is -2.16. The van der Waals surface area contributed by atoms with Crippen LogP contribution in [0.2, 0.25) is 10.0 Å². The number of halogens is 2. The number of benzene rings is 2. The van der Waals surface area contributed by atoms with E-state index in [4.69, 9.17) is 27.9 Å². The molecule has 0 aromatic heterocycles. The van der Waals surface area contributed by atoms with E-state index in [0.29, 0.717) is 21.5 Å². The van der Waals surface area contributed by atoms with E-state index in [1.807, 2.05) is 7.05 Å². The number of hydrogen-bond acceptors (Lipinski definition) is 4. The van der Waals surface area contributed by atoms with Crippen LogP contribution in [0.5, 0.6) is 5.75 Å². The molecule has 0 bridgehead atoms. The van der Waals surface area contributed by atoms with Crippen LogP contribution in [0.3, 0.4) is 0 Å². The Morgan fingerprint density at radius 1 is 1.16 bits per heavy atom. The summed E-state index contributed by atoms with van der Waals surface area (Å²) < 4.78 is 33.4. The summed E-state index contributed by atoms with van der Waals surface area (Å²) in [5.74, 6) is 0.471. The Hall–Kier alpha value is -1.47. The van der Waals surface area contributed by atoms with E-state index in [1.54, 1.807) is 18.2 Å². The van der Waals surface area contributed by atoms with Gasteiger partial charge in [0.1, 0.15) is 11.9 Å². The highest BCUT2D eigenvalue weighted by Crippen LogP contribution is 2.31. The third-order valence-corrected chi connectivity index (χ3v) is 5.91. The molecule has 1 heterocycles. The molecule has 0 saturated carbocycles. The molecule has 25 heavy (non-hydrogen) atoms. The predicted molar refractivity (Wildman–Crippen MR) is 100 cm³/mol. The molecule has 8 heteroatoms. The first-order valence-electron chi connectivity index (χ1n) is 7.76. The van der Waals surface area contributed by atoms with E-state index >= 15 is 0 Å². The summed E-state index contributed by atoms with van der Waals surface area (Å²) in [4.78, 5) is 2.30. The molecule has 1 atom stereocenters. The molecule has 3 rings (SSSR count). The van der Waals surface area contributed by atoms with Crippen LogP contribution >= 0.6 is 23.2 Å². The second-order valence-corrected chi connectivity index (χ2v) is 8.52. The summed E-state index contributed by atoms with van der Waals surface area (Å²) in [6.45, 7) is 1.78. The molecule has 1 aliphatic rings. The van der Waals surface area contributed by atoms with Crippen molar-refractivity contribution in [3.05, 3.63) is 52.5 Å². The van der Waals surface area contributed by atoms with Crippen LogP contribution < -0.4 is 9.46 Å². The van der Waals surface area contributed by atoms with Crippen LogP contribution in [-0.4, -0.2) is 39.6 Å². The van der Waals surface area contributed by atoms with E-state index in [-0.39, 0.29) is 11.0 Å². The highest BCUT2D eigenvalue weighted by molar-refractivity contribution is 7.92. The molecule has 0 amide bonds. The fourth-order valence-corrected chi connectivity index (χ4v) is 3.99. The standard InChI is InChI=1S/C17H18Cl2N2O3S/c1-21-9-8-14(11-21)24-17-10-13(4-7-16(17)19)20-25(22,23)15-5-2-12(18)3-6-15/h2-7,10,14,20H,8-9,11H2,1H3/t14-/m1/s1. The number of rotatable bonds is 5. The maximum Gasteiger partial charge on any atom is 0.261 e. The second-order valence-electron chi connectivity index (χ2n) is 6.00. The summed E-state index contributed by atoms with van der Waals surface area (Å²) in [6.07, 6.45) is 0.957. The number of nitrogens with one attached hydrogen (secondary N) is 1. The average molecular weight is 401 g/mol. The van der Waals surface area contributed by atoms with Crippen molar-refractivity contribution >= 4 is 38.9 Å². The van der Waals surface area contributed by atoms with Crippen molar-refractivity contribution in [3.63, 3.8) is 0 Å². The Morgan fingerprint density at radius 3 is 2.52 bits per heavy atom. The van der Waals surface area contributed by atoms with E-state index in [2.05, 4.69) is 9.62 Å². The molecule has 5 nitrogen and oxygen atoms in total. The molecular weight excluding hydrogens is 383 g/mol. The lowest BCUT2D eigenvalue weighted by Crippen LogP contribution is -2.21. The Kier molecular flexibility index (Phi) is 5.43. The van der Waals surface area contributed by atoms with Crippen molar-refractivity contribution in [2.75, 3.05) is 24.9 Å². The summed E-state index contributed by atoms with van der Waals surface area (Å²) >= 11 is 12.0. The number of anilines is 1. The van der Waals surface area contributed by atoms with E-state index < -0.39 is 10.0 Å². The highest BCUT2D eigenvalue weighted by Gasteiger charge is 2.22. The van der Waals surface area contributed by atoms with Crippen molar-refractivity contribution in [1.29, 1.82) is 0 Å². The molecule has 1 saturated heterocycles. The van der Waals surface area contributed by atoms with Gasteiger partial charge in [0.25, 0.3) is 10.0 Å². The Labute approximate surface area is 157 Å². The van der Waals surface area contributed by atoms with Gasteiger partial charge < -0.3 is 9.64 Å². The number of nitrogens with zero attached hydrogens (tertiary/aromatic N) is 1. The van der Waals surface area contributed by atoms with Gasteiger partial charge in [0.2, 0.25) is 0 Å². The number of hydrogen-bond donors (Lipinski definition) is 1. The molecule has 134 valence electrons. The maximum absolute atomic E-state index is 12.5. The van der Waals surface area contributed by atoms with Crippen LogP contribution in [0.25, 0.3) is 0 Å². The number of ether oxygens (including phenoxy) is 1. The Morgan fingerprint density at radius 2 is 1.88 bits per heavy atom. The zero-order valence-corrected chi connectivity index (χ0v) is 15.9. The number of likely N-dealkylation sites (N-methyl/N-ethyl adjacent to an activating group) is 1. The van der Waals surface area contributed by atoms with Gasteiger partial charge in [0.15, 0.2) is 0 Å². The van der Waals surface area contributed by atoms with Gasteiger partial charge in [0, 0.05) is 24.2 Å². The van der Waals surface area contributed by atoms with Gasteiger partial charge in [-0.15, -0.1) is 0 Å². The van der Waals surface area contributed by atoms with Crippen LogP contribution in [0, 0.1) is 0 Å². The molecule has 2 aromatic carbocycles. The first-order valence-corrected chi connectivity index (χ1v) is 10.0. The molecule has 1 fully saturated rings.